The zero-order valence-corrected chi connectivity index (χ0v) is 33.7. The van der Waals surface area contributed by atoms with Gasteiger partial charge in [0.2, 0.25) is 0 Å². The molecule has 13 aromatic rings. The Bertz CT molecular complexity index is 3860. The molecule has 6 aromatic heterocycles. The molecular formula is C56H34N6O. The van der Waals surface area contributed by atoms with E-state index in [4.69, 9.17) is 19.4 Å². The van der Waals surface area contributed by atoms with Gasteiger partial charge < -0.3 is 4.42 Å². The maximum atomic E-state index is 6.09. The molecule has 0 atom stereocenters. The number of nitrogens with zero attached hydrogens (tertiary/aromatic N) is 6. The van der Waals surface area contributed by atoms with Crippen molar-refractivity contribution < 1.29 is 4.42 Å². The molecular weight excluding hydrogens is 773 g/mol. The van der Waals surface area contributed by atoms with Gasteiger partial charge in [-0.15, -0.1) is 0 Å². The summed E-state index contributed by atoms with van der Waals surface area (Å²) in [6, 6.07) is 70.0. The van der Waals surface area contributed by atoms with Crippen molar-refractivity contribution in [3.8, 4) is 56.5 Å². The highest BCUT2D eigenvalue weighted by Gasteiger charge is 2.19. The maximum absolute atomic E-state index is 6.09. The highest BCUT2D eigenvalue weighted by atomic mass is 16.3. The Morgan fingerprint density at radius 2 is 0.937 bits per heavy atom. The van der Waals surface area contributed by atoms with E-state index in [0.29, 0.717) is 5.82 Å². The van der Waals surface area contributed by atoms with Gasteiger partial charge >= 0.3 is 0 Å². The van der Waals surface area contributed by atoms with E-state index < -0.39 is 0 Å². The van der Waals surface area contributed by atoms with Crippen molar-refractivity contribution in [2.75, 3.05) is 0 Å². The van der Waals surface area contributed by atoms with Crippen LogP contribution < -0.4 is 0 Å². The summed E-state index contributed by atoms with van der Waals surface area (Å²) in [6.07, 6.45) is 1.78. The fraction of sp³-hybridized carbons (Fsp3) is 0. The van der Waals surface area contributed by atoms with Crippen LogP contribution in [0, 0.1) is 0 Å². The maximum Gasteiger partial charge on any atom is 0.162 e. The summed E-state index contributed by atoms with van der Waals surface area (Å²) in [5.74, 6) is 2.32. The lowest BCUT2D eigenvalue weighted by molar-refractivity contribution is 0.667. The third kappa shape index (κ3) is 5.67. The van der Waals surface area contributed by atoms with E-state index in [2.05, 4.69) is 166 Å². The van der Waals surface area contributed by atoms with Crippen LogP contribution in [0.25, 0.3) is 122 Å². The Kier molecular flexibility index (Phi) is 7.77. The summed E-state index contributed by atoms with van der Waals surface area (Å²) in [4.78, 5) is 20.1. The van der Waals surface area contributed by atoms with Gasteiger partial charge in [-0.3, -0.25) is 14.1 Å². The molecule has 0 saturated carbocycles. The Morgan fingerprint density at radius 1 is 0.333 bits per heavy atom. The van der Waals surface area contributed by atoms with E-state index >= 15 is 0 Å². The first-order valence-corrected chi connectivity index (χ1v) is 21.0. The molecule has 294 valence electrons. The summed E-state index contributed by atoms with van der Waals surface area (Å²) in [7, 11) is 0. The Morgan fingerprint density at radius 3 is 1.73 bits per heavy atom. The van der Waals surface area contributed by atoms with Crippen LogP contribution >= 0.6 is 0 Å². The molecule has 63 heavy (non-hydrogen) atoms. The number of hydrogen-bond acceptors (Lipinski definition) is 5. The lowest BCUT2D eigenvalue weighted by Crippen LogP contribution is -2.02. The van der Waals surface area contributed by atoms with E-state index in [1.807, 2.05) is 48.5 Å². The van der Waals surface area contributed by atoms with Crippen LogP contribution in [0.2, 0.25) is 0 Å². The highest BCUT2D eigenvalue weighted by molar-refractivity contribution is 6.12. The third-order valence-corrected chi connectivity index (χ3v) is 12.2. The molecule has 7 heteroatoms. The number of aromatic nitrogens is 6. The quantitative estimate of drug-likeness (QED) is 0.167. The van der Waals surface area contributed by atoms with Gasteiger partial charge in [-0.1, -0.05) is 133 Å². The molecule has 6 heterocycles. The summed E-state index contributed by atoms with van der Waals surface area (Å²) in [5, 5.41) is 4.66. The van der Waals surface area contributed by atoms with Crippen molar-refractivity contribution in [3.63, 3.8) is 0 Å². The van der Waals surface area contributed by atoms with Gasteiger partial charge in [0.05, 0.1) is 27.8 Å². The van der Waals surface area contributed by atoms with E-state index in [-0.39, 0.29) is 0 Å². The van der Waals surface area contributed by atoms with Crippen LogP contribution in [0.4, 0.5) is 0 Å². The lowest BCUT2D eigenvalue weighted by Gasteiger charge is -2.12. The second kappa shape index (κ2) is 13.9. The molecule has 0 aliphatic heterocycles. The number of hydrogen-bond donors (Lipinski definition) is 0. The third-order valence-electron chi connectivity index (χ3n) is 12.2. The number of benzene rings is 7. The van der Waals surface area contributed by atoms with Gasteiger partial charge in [0.1, 0.15) is 22.7 Å². The van der Waals surface area contributed by atoms with Gasteiger partial charge in [0.25, 0.3) is 0 Å². The van der Waals surface area contributed by atoms with Crippen LogP contribution in [-0.4, -0.2) is 29.1 Å². The molecule has 0 aliphatic carbocycles. The molecule has 7 nitrogen and oxygen atoms in total. The Hall–Kier alpha value is -8.68. The van der Waals surface area contributed by atoms with Crippen molar-refractivity contribution >= 4 is 65.8 Å². The van der Waals surface area contributed by atoms with Crippen LogP contribution in [0.3, 0.4) is 0 Å². The first-order chi connectivity index (χ1) is 31.2. The zero-order chi connectivity index (χ0) is 41.4. The van der Waals surface area contributed by atoms with E-state index in [1.54, 1.807) is 6.20 Å². The number of fused-ring (bicyclic) bond motifs is 9. The average molecular weight is 807 g/mol. The summed E-state index contributed by atoms with van der Waals surface area (Å²) < 4.78 is 10.6. The van der Waals surface area contributed by atoms with Crippen molar-refractivity contribution in [3.05, 3.63) is 206 Å². The first kappa shape index (κ1) is 35.1. The largest absolute Gasteiger partial charge is 0.453 e. The molecule has 0 bridgehead atoms. The molecule has 0 N–H and O–H groups in total. The van der Waals surface area contributed by atoms with Gasteiger partial charge in [-0.2, -0.15) is 0 Å². The standard InChI is InChI=1S/C56H34N6O/c1-3-13-35(14-4-1)45-34-53(60-56(58-45)36-15-5-2-6-16-36)61-47-22-10-8-20-42(47)44-32-39(25-27-48(44)61)37-17-11-18-38(31-37)40-24-26-43-41-19-7-9-21-46(41)62(49(43)33-40)52-29-28-51-55(59-52)54-50(63-51)23-12-30-57-54/h1-34H. The minimum absolute atomic E-state index is 0.686. The summed E-state index contributed by atoms with van der Waals surface area (Å²) >= 11 is 0. The van der Waals surface area contributed by atoms with Gasteiger partial charge in [-0.25, -0.2) is 15.0 Å². The highest BCUT2D eigenvalue weighted by Crippen LogP contribution is 2.39. The molecule has 0 fully saturated rings. The van der Waals surface area contributed by atoms with Crippen LogP contribution in [-0.2, 0) is 0 Å². The molecule has 0 saturated heterocycles. The second-order valence-corrected chi connectivity index (χ2v) is 15.9. The van der Waals surface area contributed by atoms with Crippen LogP contribution in [0.1, 0.15) is 0 Å². The number of rotatable bonds is 6. The molecule has 0 spiro atoms. The van der Waals surface area contributed by atoms with Crippen LogP contribution in [0.5, 0.6) is 0 Å². The summed E-state index contributed by atoms with van der Waals surface area (Å²) in [5.41, 5.74) is 14.7. The number of para-hydroxylation sites is 2. The monoisotopic (exact) mass is 806 g/mol. The zero-order valence-electron chi connectivity index (χ0n) is 33.7. The van der Waals surface area contributed by atoms with E-state index in [9.17, 15) is 0 Å². The molecule has 0 radical (unpaired) electrons. The Balaban J connectivity index is 0.937. The van der Waals surface area contributed by atoms with Gasteiger partial charge in [0, 0.05) is 44.9 Å². The Labute approximate surface area is 360 Å². The number of pyridine rings is 2. The summed E-state index contributed by atoms with van der Waals surface area (Å²) in [6.45, 7) is 0. The van der Waals surface area contributed by atoms with E-state index in [1.165, 1.54) is 10.8 Å². The molecule has 0 unspecified atom stereocenters. The minimum atomic E-state index is 0.686. The molecule has 0 aliphatic rings. The lowest BCUT2D eigenvalue weighted by atomic mass is 9.97. The van der Waals surface area contributed by atoms with Crippen molar-refractivity contribution in [2.24, 2.45) is 0 Å². The second-order valence-electron chi connectivity index (χ2n) is 15.9. The fourth-order valence-corrected chi connectivity index (χ4v) is 9.28. The molecule has 13 rings (SSSR count). The van der Waals surface area contributed by atoms with Gasteiger partial charge in [-0.05, 0) is 82.9 Å². The minimum Gasteiger partial charge on any atom is -0.453 e. The van der Waals surface area contributed by atoms with Crippen molar-refractivity contribution in [2.45, 2.75) is 0 Å². The predicted molar refractivity (Wildman–Crippen MR) is 255 cm³/mol. The molecule has 0 amide bonds. The average Bonchev–Trinajstić information content (AvgIpc) is 4.01. The molecule has 7 aromatic carbocycles. The first-order valence-electron chi connectivity index (χ1n) is 21.0. The van der Waals surface area contributed by atoms with Gasteiger partial charge in [0.15, 0.2) is 17.0 Å². The SMILES string of the molecule is c1ccc(-c2cc(-n3c4ccccc4c4cc(-c5cccc(-c6ccc7c8ccccc8n(-c8ccc9oc%10cccnc%10c9n8)c7c6)c5)ccc43)nc(-c3ccccc3)n2)cc1. The topological polar surface area (TPSA) is 74.6 Å². The number of furan rings is 1. The smallest absolute Gasteiger partial charge is 0.162 e. The van der Waals surface area contributed by atoms with Crippen molar-refractivity contribution in [1.29, 1.82) is 0 Å². The van der Waals surface area contributed by atoms with E-state index in [0.717, 1.165) is 106 Å². The van der Waals surface area contributed by atoms with Crippen LogP contribution in [0.15, 0.2) is 211 Å². The normalized spacial score (nSPS) is 11.8. The fourth-order valence-electron chi connectivity index (χ4n) is 9.28. The van der Waals surface area contributed by atoms with Crippen molar-refractivity contribution in [1.82, 2.24) is 29.1 Å². The predicted octanol–water partition coefficient (Wildman–Crippen LogP) is 14.0.